The maximum absolute atomic E-state index is 12.4. The molecule has 0 atom stereocenters. The molecule has 0 radical (unpaired) electrons. The summed E-state index contributed by atoms with van der Waals surface area (Å²) in [6.45, 7) is 1.42. The fourth-order valence-electron chi connectivity index (χ4n) is 3.56. The summed E-state index contributed by atoms with van der Waals surface area (Å²) in [6.07, 6.45) is 5.13. The van der Waals surface area contributed by atoms with Crippen molar-refractivity contribution < 1.29 is 9.59 Å². The third-order valence-corrected chi connectivity index (χ3v) is 5.76. The van der Waals surface area contributed by atoms with Gasteiger partial charge in [-0.05, 0) is 61.9 Å². The number of anilines is 1. The third-order valence-electron chi connectivity index (χ3n) is 5.23. The zero-order valence-corrected chi connectivity index (χ0v) is 18.2. The van der Waals surface area contributed by atoms with Crippen LogP contribution in [0.2, 0.25) is 0 Å². The molecule has 0 aliphatic carbocycles. The van der Waals surface area contributed by atoms with E-state index in [-0.39, 0.29) is 18.0 Å². The van der Waals surface area contributed by atoms with Crippen molar-refractivity contribution in [2.75, 3.05) is 18.4 Å². The Balaban J connectivity index is 1.30. The number of unbranched alkanes of at least 4 members (excludes halogenated alkanes) is 1. The van der Waals surface area contributed by atoms with Crippen LogP contribution in [-0.2, 0) is 11.2 Å². The Labute approximate surface area is 181 Å². The molecule has 0 saturated carbocycles. The molecule has 0 unspecified atom stereocenters. The predicted octanol–water partition coefficient (Wildman–Crippen LogP) is 4.97. The van der Waals surface area contributed by atoms with Crippen LogP contribution < -0.4 is 10.6 Å². The van der Waals surface area contributed by atoms with E-state index in [1.54, 1.807) is 0 Å². The largest absolute Gasteiger partial charge is 0.343 e. The second-order valence-electron chi connectivity index (χ2n) is 7.45. The molecule has 0 bridgehead atoms. The average molecular weight is 458 g/mol. The maximum Gasteiger partial charge on any atom is 0.319 e. The topological polar surface area (TPSA) is 61.4 Å². The quantitative estimate of drug-likeness (QED) is 0.576. The van der Waals surface area contributed by atoms with Gasteiger partial charge in [0.2, 0.25) is 5.91 Å². The standard InChI is InChI=1S/C23H28BrN3O2/c24-19-12-10-18(11-13-19)6-4-5-9-22(28)27-16-14-21(15-17-27)26-23(29)25-20-7-2-1-3-8-20/h1-3,7-8,10-13,21H,4-6,9,14-17H2,(H2,25,26,29). The first kappa shape index (κ1) is 21.4. The molecule has 0 aromatic heterocycles. The number of amides is 3. The van der Waals surface area contributed by atoms with Gasteiger partial charge < -0.3 is 15.5 Å². The lowest BCUT2D eigenvalue weighted by molar-refractivity contribution is -0.132. The molecule has 2 N–H and O–H groups in total. The van der Waals surface area contributed by atoms with Gasteiger partial charge in [0.25, 0.3) is 0 Å². The van der Waals surface area contributed by atoms with Crippen LogP contribution in [0.3, 0.4) is 0 Å². The molecule has 3 rings (SSSR count). The van der Waals surface area contributed by atoms with Crippen LogP contribution in [0.15, 0.2) is 59.1 Å². The number of nitrogens with zero attached hydrogens (tertiary/aromatic N) is 1. The van der Waals surface area contributed by atoms with Gasteiger partial charge in [0, 0.05) is 35.7 Å². The molecular weight excluding hydrogens is 430 g/mol. The Morgan fingerprint density at radius 3 is 2.34 bits per heavy atom. The molecule has 1 heterocycles. The summed E-state index contributed by atoms with van der Waals surface area (Å²) in [5.74, 6) is 0.230. The molecule has 2 aromatic rings. The number of urea groups is 1. The van der Waals surface area contributed by atoms with Gasteiger partial charge in [-0.1, -0.05) is 46.3 Å². The van der Waals surface area contributed by atoms with Crippen LogP contribution in [-0.4, -0.2) is 36.0 Å². The van der Waals surface area contributed by atoms with E-state index in [1.165, 1.54) is 5.56 Å². The van der Waals surface area contributed by atoms with Gasteiger partial charge in [-0.25, -0.2) is 4.79 Å². The van der Waals surface area contributed by atoms with Crippen molar-refractivity contribution in [3.05, 3.63) is 64.6 Å². The van der Waals surface area contributed by atoms with Gasteiger partial charge in [0.1, 0.15) is 0 Å². The number of nitrogens with one attached hydrogen (secondary N) is 2. The number of aryl methyl sites for hydroxylation is 1. The molecule has 154 valence electrons. The lowest BCUT2D eigenvalue weighted by atomic mass is 10.0. The van der Waals surface area contributed by atoms with Gasteiger partial charge in [-0.15, -0.1) is 0 Å². The van der Waals surface area contributed by atoms with E-state index in [2.05, 4.69) is 50.8 Å². The van der Waals surface area contributed by atoms with Crippen LogP contribution in [0.1, 0.15) is 37.7 Å². The number of rotatable bonds is 7. The lowest BCUT2D eigenvalue weighted by Crippen LogP contribution is -2.47. The van der Waals surface area contributed by atoms with Crippen LogP contribution in [0, 0.1) is 0 Å². The van der Waals surface area contributed by atoms with Crippen molar-refractivity contribution in [2.45, 2.75) is 44.6 Å². The maximum atomic E-state index is 12.4. The molecule has 29 heavy (non-hydrogen) atoms. The van der Waals surface area contributed by atoms with E-state index < -0.39 is 0 Å². The monoisotopic (exact) mass is 457 g/mol. The number of halogens is 1. The molecule has 1 fully saturated rings. The Bertz CT molecular complexity index is 788. The molecule has 0 spiro atoms. The summed E-state index contributed by atoms with van der Waals surface area (Å²) in [5.41, 5.74) is 2.09. The number of hydrogen-bond acceptors (Lipinski definition) is 2. The molecule has 5 nitrogen and oxygen atoms in total. The number of benzene rings is 2. The Hall–Kier alpha value is -2.34. The minimum absolute atomic E-state index is 0.111. The number of piperidine rings is 1. The van der Waals surface area contributed by atoms with Gasteiger partial charge in [0.05, 0.1) is 0 Å². The van der Waals surface area contributed by atoms with Gasteiger partial charge in [-0.2, -0.15) is 0 Å². The van der Waals surface area contributed by atoms with Crippen molar-refractivity contribution in [2.24, 2.45) is 0 Å². The lowest BCUT2D eigenvalue weighted by Gasteiger charge is -2.32. The molecule has 1 aliphatic rings. The molecule has 1 saturated heterocycles. The number of likely N-dealkylation sites (tertiary alicyclic amines) is 1. The van der Waals surface area contributed by atoms with Crippen molar-refractivity contribution >= 4 is 33.6 Å². The SMILES string of the molecule is O=C(Nc1ccccc1)NC1CCN(C(=O)CCCCc2ccc(Br)cc2)CC1. The first-order chi connectivity index (χ1) is 14.1. The highest BCUT2D eigenvalue weighted by Gasteiger charge is 2.23. The smallest absolute Gasteiger partial charge is 0.319 e. The molecule has 1 aliphatic heterocycles. The normalized spacial score (nSPS) is 14.4. The molecule has 2 aromatic carbocycles. The van der Waals surface area contributed by atoms with Crippen LogP contribution in [0.5, 0.6) is 0 Å². The number of hydrogen-bond donors (Lipinski definition) is 2. The average Bonchev–Trinajstić information content (AvgIpc) is 2.73. The van der Waals surface area contributed by atoms with Gasteiger partial charge in [-0.3, -0.25) is 4.79 Å². The number of para-hydroxylation sites is 1. The highest BCUT2D eigenvalue weighted by Crippen LogP contribution is 2.15. The van der Waals surface area contributed by atoms with Crippen molar-refractivity contribution in [3.8, 4) is 0 Å². The molecule has 6 heteroatoms. The summed E-state index contributed by atoms with van der Waals surface area (Å²) in [4.78, 5) is 26.5. The van der Waals surface area contributed by atoms with E-state index in [9.17, 15) is 9.59 Å². The summed E-state index contributed by atoms with van der Waals surface area (Å²) in [6, 6.07) is 17.7. The van der Waals surface area contributed by atoms with E-state index in [4.69, 9.17) is 0 Å². The van der Waals surface area contributed by atoms with Crippen LogP contribution in [0.25, 0.3) is 0 Å². The van der Waals surface area contributed by atoms with E-state index in [0.29, 0.717) is 19.5 Å². The highest BCUT2D eigenvalue weighted by molar-refractivity contribution is 9.10. The summed E-state index contributed by atoms with van der Waals surface area (Å²) in [7, 11) is 0. The van der Waals surface area contributed by atoms with E-state index >= 15 is 0 Å². The second kappa shape index (κ2) is 11.0. The first-order valence-corrected chi connectivity index (χ1v) is 11.0. The van der Waals surface area contributed by atoms with Crippen LogP contribution >= 0.6 is 15.9 Å². The van der Waals surface area contributed by atoms with E-state index in [1.807, 2.05) is 35.2 Å². The fraction of sp³-hybridized carbons (Fsp3) is 0.391. The minimum Gasteiger partial charge on any atom is -0.343 e. The summed E-state index contributed by atoms with van der Waals surface area (Å²) >= 11 is 3.45. The summed E-state index contributed by atoms with van der Waals surface area (Å²) < 4.78 is 1.09. The number of carbonyl (C=O) groups excluding carboxylic acids is 2. The Kier molecular flexibility index (Phi) is 8.11. The zero-order valence-electron chi connectivity index (χ0n) is 16.6. The first-order valence-electron chi connectivity index (χ1n) is 10.2. The summed E-state index contributed by atoms with van der Waals surface area (Å²) in [5, 5.41) is 5.85. The van der Waals surface area contributed by atoms with Gasteiger partial charge >= 0.3 is 6.03 Å². The minimum atomic E-state index is -0.186. The van der Waals surface area contributed by atoms with Crippen molar-refractivity contribution in [1.82, 2.24) is 10.2 Å². The molecule has 3 amide bonds. The second-order valence-corrected chi connectivity index (χ2v) is 8.37. The van der Waals surface area contributed by atoms with Crippen molar-refractivity contribution in [3.63, 3.8) is 0 Å². The highest BCUT2D eigenvalue weighted by atomic mass is 79.9. The Morgan fingerprint density at radius 1 is 0.966 bits per heavy atom. The Morgan fingerprint density at radius 2 is 1.66 bits per heavy atom. The fourth-order valence-corrected chi connectivity index (χ4v) is 3.83. The molecular formula is C23H28BrN3O2. The third kappa shape index (κ3) is 7.20. The van der Waals surface area contributed by atoms with Gasteiger partial charge in [0.15, 0.2) is 0 Å². The zero-order chi connectivity index (χ0) is 20.5. The van der Waals surface area contributed by atoms with E-state index in [0.717, 1.165) is 42.3 Å². The van der Waals surface area contributed by atoms with Crippen molar-refractivity contribution in [1.29, 1.82) is 0 Å². The number of carbonyl (C=O) groups is 2. The predicted molar refractivity (Wildman–Crippen MR) is 120 cm³/mol. The van der Waals surface area contributed by atoms with Crippen LogP contribution in [0.4, 0.5) is 10.5 Å².